The third-order valence-corrected chi connectivity index (χ3v) is 3.98. The van der Waals surface area contributed by atoms with Crippen LogP contribution < -0.4 is 10.5 Å². The fourth-order valence-corrected chi connectivity index (χ4v) is 2.73. The van der Waals surface area contributed by atoms with Crippen molar-refractivity contribution in [1.29, 1.82) is 5.26 Å². The molecule has 3 N–H and O–H groups in total. The number of nitrogens with zero attached hydrogens (tertiary/aromatic N) is 1. The Hall–Kier alpha value is -3.47. The summed E-state index contributed by atoms with van der Waals surface area (Å²) in [6.07, 6.45) is -1.13. The molecule has 142 valence electrons. The maximum Gasteiger partial charge on any atom is 0.344 e. The lowest BCUT2D eigenvalue weighted by atomic mass is 9.82. The SMILES string of the molecule is CCOC(=O)C1=C(C)OC(N)=C(C#N)C1c1ccccc1OC(C)C(=O)O. The number of carboxylic acid groups (broad SMARTS) is 1. The number of para-hydroxylation sites is 1. The first-order chi connectivity index (χ1) is 12.8. The topological polar surface area (TPSA) is 132 Å². The van der Waals surface area contributed by atoms with E-state index >= 15 is 0 Å². The van der Waals surface area contributed by atoms with E-state index in [4.69, 9.17) is 25.1 Å². The molecule has 1 aromatic carbocycles. The number of esters is 1. The number of aliphatic carboxylic acids is 1. The van der Waals surface area contributed by atoms with Crippen molar-refractivity contribution in [3.63, 3.8) is 0 Å². The van der Waals surface area contributed by atoms with Crippen LogP contribution in [0.15, 0.2) is 47.1 Å². The predicted molar refractivity (Wildman–Crippen MR) is 94.2 cm³/mol. The molecule has 0 fully saturated rings. The maximum absolute atomic E-state index is 12.5. The molecule has 0 saturated heterocycles. The van der Waals surface area contributed by atoms with Crippen LogP contribution in [0.1, 0.15) is 32.3 Å². The quantitative estimate of drug-likeness (QED) is 0.726. The standard InChI is InChI=1S/C19H20N2O6/c1-4-25-19(24)15-10(2)27-17(21)13(9-20)16(15)12-7-5-6-8-14(12)26-11(3)18(22)23/h5-8,11,16H,4,21H2,1-3H3,(H,22,23). The number of hydrogen-bond donors (Lipinski definition) is 2. The van der Waals surface area contributed by atoms with Crippen LogP contribution in [0.25, 0.3) is 0 Å². The molecule has 1 heterocycles. The van der Waals surface area contributed by atoms with E-state index in [0.29, 0.717) is 5.56 Å². The lowest BCUT2D eigenvalue weighted by Crippen LogP contribution is -2.27. The van der Waals surface area contributed by atoms with Crippen molar-refractivity contribution in [1.82, 2.24) is 0 Å². The summed E-state index contributed by atoms with van der Waals surface area (Å²) < 4.78 is 16.0. The molecule has 0 saturated carbocycles. The van der Waals surface area contributed by atoms with Crippen LogP contribution in [0, 0.1) is 11.3 Å². The first-order valence-electron chi connectivity index (χ1n) is 8.25. The van der Waals surface area contributed by atoms with E-state index in [2.05, 4.69) is 0 Å². The van der Waals surface area contributed by atoms with E-state index in [1.54, 1.807) is 38.1 Å². The molecule has 27 heavy (non-hydrogen) atoms. The van der Waals surface area contributed by atoms with E-state index in [1.807, 2.05) is 6.07 Å². The van der Waals surface area contributed by atoms with Gasteiger partial charge in [-0.1, -0.05) is 18.2 Å². The van der Waals surface area contributed by atoms with Gasteiger partial charge in [0.1, 0.15) is 23.2 Å². The molecule has 0 spiro atoms. The molecule has 8 heteroatoms. The highest BCUT2D eigenvalue weighted by molar-refractivity contribution is 5.92. The second-order valence-electron chi connectivity index (χ2n) is 5.75. The fourth-order valence-electron chi connectivity index (χ4n) is 2.73. The predicted octanol–water partition coefficient (Wildman–Crippen LogP) is 2.18. The molecule has 0 radical (unpaired) electrons. The zero-order valence-electron chi connectivity index (χ0n) is 15.2. The molecular weight excluding hydrogens is 352 g/mol. The summed E-state index contributed by atoms with van der Waals surface area (Å²) in [6.45, 7) is 4.72. The molecule has 0 bridgehead atoms. The van der Waals surface area contributed by atoms with Crippen molar-refractivity contribution in [2.75, 3.05) is 6.61 Å². The van der Waals surface area contributed by atoms with Crippen LogP contribution in [0.4, 0.5) is 0 Å². The second kappa shape index (κ2) is 8.27. The number of carboxylic acids is 1. The van der Waals surface area contributed by atoms with Gasteiger partial charge in [0.25, 0.3) is 0 Å². The number of nitriles is 1. The highest BCUT2D eigenvalue weighted by atomic mass is 16.5. The lowest BCUT2D eigenvalue weighted by molar-refractivity contribution is -0.144. The van der Waals surface area contributed by atoms with Crippen LogP contribution in [0.2, 0.25) is 0 Å². The van der Waals surface area contributed by atoms with E-state index in [9.17, 15) is 14.9 Å². The van der Waals surface area contributed by atoms with Crippen LogP contribution in [-0.2, 0) is 19.1 Å². The summed E-state index contributed by atoms with van der Waals surface area (Å²) in [5, 5.41) is 18.7. The Labute approximate surface area is 156 Å². The number of carbonyl (C=O) groups excluding carboxylic acids is 1. The van der Waals surface area contributed by atoms with Crippen LogP contribution in [0.3, 0.4) is 0 Å². The van der Waals surface area contributed by atoms with E-state index in [1.165, 1.54) is 6.92 Å². The zero-order valence-corrected chi connectivity index (χ0v) is 15.2. The molecule has 2 rings (SSSR count). The fraction of sp³-hybridized carbons (Fsp3) is 0.316. The highest BCUT2D eigenvalue weighted by Crippen LogP contribution is 2.43. The van der Waals surface area contributed by atoms with Crippen molar-refractivity contribution in [3.05, 3.63) is 52.6 Å². The molecule has 1 aromatic rings. The number of rotatable bonds is 6. The summed E-state index contributed by atoms with van der Waals surface area (Å²) in [7, 11) is 0. The van der Waals surface area contributed by atoms with Gasteiger partial charge in [0.05, 0.1) is 18.1 Å². The molecule has 0 aromatic heterocycles. The van der Waals surface area contributed by atoms with Crippen LogP contribution >= 0.6 is 0 Å². The van der Waals surface area contributed by atoms with Gasteiger partial charge >= 0.3 is 11.9 Å². The highest BCUT2D eigenvalue weighted by Gasteiger charge is 2.38. The number of carbonyl (C=O) groups is 2. The van der Waals surface area contributed by atoms with Crippen molar-refractivity contribution >= 4 is 11.9 Å². The van der Waals surface area contributed by atoms with E-state index in [0.717, 1.165) is 0 Å². The van der Waals surface area contributed by atoms with Gasteiger partial charge < -0.3 is 25.1 Å². The first kappa shape index (κ1) is 19.8. The van der Waals surface area contributed by atoms with Crippen molar-refractivity contribution in [2.45, 2.75) is 32.8 Å². The van der Waals surface area contributed by atoms with Gasteiger partial charge in [0.2, 0.25) is 5.88 Å². The molecule has 2 unspecified atom stereocenters. The molecule has 1 aliphatic heterocycles. The van der Waals surface area contributed by atoms with Crippen LogP contribution in [-0.4, -0.2) is 29.8 Å². The Morgan fingerprint density at radius 1 is 1.41 bits per heavy atom. The third kappa shape index (κ3) is 4.03. The number of ether oxygens (including phenoxy) is 3. The molecule has 8 nitrogen and oxygen atoms in total. The Bertz CT molecular complexity index is 865. The summed E-state index contributed by atoms with van der Waals surface area (Å²) in [4.78, 5) is 23.7. The van der Waals surface area contributed by atoms with Crippen molar-refractivity contribution < 1.29 is 28.9 Å². The smallest absolute Gasteiger partial charge is 0.344 e. The Morgan fingerprint density at radius 3 is 2.67 bits per heavy atom. The summed E-state index contributed by atoms with van der Waals surface area (Å²) in [6, 6.07) is 8.51. The monoisotopic (exact) mass is 372 g/mol. The molecule has 2 atom stereocenters. The van der Waals surface area contributed by atoms with E-state index < -0.39 is 24.0 Å². The lowest BCUT2D eigenvalue weighted by Gasteiger charge is -2.28. The summed E-state index contributed by atoms with van der Waals surface area (Å²) in [5.74, 6) is -2.41. The Balaban J connectivity index is 2.64. The number of nitrogens with two attached hydrogens (primary N) is 1. The van der Waals surface area contributed by atoms with Crippen LogP contribution in [0.5, 0.6) is 5.75 Å². The largest absolute Gasteiger partial charge is 0.479 e. The zero-order chi connectivity index (χ0) is 20.1. The molecule has 0 aliphatic carbocycles. The van der Waals surface area contributed by atoms with Gasteiger partial charge in [-0.25, -0.2) is 9.59 Å². The van der Waals surface area contributed by atoms with Gasteiger partial charge in [0, 0.05) is 5.56 Å². The Kier molecular flexibility index (Phi) is 6.08. The van der Waals surface area contributed by atoms with Gasteiger partial charge in [-0.3, -0.25) is 0 Å². The number of benzene rings is 1. The average Bonchev–Trinajstić information content (AvgIpc) is 2.61. The molecule has 1 aliphatic rings. The third-order valence-electron chi connectivity index (χ3n) is 3.98. The number of hydrogen-bond acceptors (Lipinski definition) is 7. The summed E-state index contributed by atoms with van der Waals surface area (Å²) >= 11 is 0. The average molecular weight is 372 g/mol. The minimum Gasteiger partial charge on any atom is -0.479 e. The Morgan fingerprint density at radius 2 is 2.07 bits per heavy atom. The van der Waals surface area contributed by atoms with Crippen molar-refractivity contribution in [2.24, 2.45) is 5.73 Å². The van der Waals surface area contributed by atoms with Gasteiger partial charge in [0.15, 0.2) is 6.10 Å². The van der Waals surface area contributed by atoms with Gasteiger partial charge in [-0.05, 0) is 26.8 Å². The molecular formula is C19H20N2O6. The first-order valence-corrected chi connectivity index (χ1v) is 8.25. The van der Waals surface area contributed by atoms with Gasteiger partial charge in [-0.2, -0.15) is 5.26 Å². The normalized spacial score (nSPS) is 17.6. The minimum absolute atomic E-state index is 0.0164. The maximum atomic E-state index is 12.5. The number of allylic oxidation sites excluding steroid dienone is 2. The van der Waals surface area contributed by atoms with Crippen molar-refractivity contribution in [3.8, 4) is 11.8 Å². The molecule has 0 amide bonds. The van der Waals surface area contributed by atoms with Gasteiger partial charge in [-0.15, -0.1) is 0 Å². The second-order valence-corrected chi connectivity index (χ2v) is 5.75. The van der Waals surface area contributed by atoms with E-state index in [-0.39, 0.29) is 35.1 Å². The summed E-state index contributed by atoms with van der Waals surface area (Å²) in [5.41, 5.74) is 6.40. The minimum atomic E-state index is -1.15.